The van der Waals surface area contributed by atoms with Crippen LogP contribution in [0.25, 0.3) is 11.8 Å². The molecule has 0 unspecified atom stereocenters. The molecule has 8 nitrogen and oxygen atoms in total. The minimum absolute atomic E-state index is 0.109. The average Bonchev–Trinajstić information content (AvgIpc) is 3.56. The van der Waals surface area contributed by atoms with Gasteiger partial charge in [-0.15, -0.1) is 0 Å². The van der Waals surface area contributed by atoms with E-state index in [2.05, 4.69) is 0 Å². The number of esters is 1. The third kappa shape index (κ3) is 4.51. The van der Waals surface area contributed by atoms with Gasteiger partial charge in [-0.05, 0) is 48.4 Å². The van der Waals surface area contributed by atoms with Crippen molar-refractivity contribution in [3.8, 4) is 17.2 Å². The van der Waals surface area contributed by atoms with Crippen LogP contribution < -0.4 is 29.1 Å². The average molecular weight is 541 g/mol. The fourth-order valence-electron chi connectivity index (χ4n) is 4.72. The Morgan fingerprint density at radius 2 is 1.90 bits per heavy atom. The molecular formula is C30H24N2O6S. The summed E-state index contributed by atoms with van der Waals surface area (Å²) in [6.07, 6.45) is 1.80. The molecule has 2 aliphatic heterocycles. The third-order valence-electron chi connectivity index (χ3n) is 6.48. The summed E-state index contributed by atoms with van der Waals surface area (Å²) in [4.78, 5) is 32.9. The van der Waals surface area contributed by atoms with Gasteiger partial charge >= 0.3 is 5.97 Å². The Balaban J connectivity index is 1.64. The lowest BCUT2D eigenvalue weighted by molar-refractivity contribution is -0.138. The molecule has 3 aromatic carbocycles. The van der Waals surface area contributed by atoms with Crippen LogP contribution in [0.5, 0.6) is 17.2 Å². The van der Waals surface area contributed by atoms with Crippen molar-refractivity contribution in [3.63, 3.8) is 0 Å². The molecule has 1 aromatic heterocycles. The highest BCUT2D eigenvalue weighted by Gasteiger charge is 2.36. The molecule has 196 valence electrons. The number of benzene rings is 3. The maximum atomic E-state index is 14.0. The van der Waals surface area contributed by atoms with Crippen LogP contribution in [0.3, 0.4) is 0 Å². The SMILES string of the molecule is CCOC(=O)C1=C(c2ccccc2)N=c2sc(=Cc3cccc(OC)c3)c(=O)n2[C@H]1c1ccc2c(c1)OCO2. The van der Waals surface area contributed by atoms with E-state index in [4.69, 9.17) is 23.9 Å². The summed E-state index contributed by atoms with van der Waals surface area (Å²) in [7, 11) is 1.60. The standard InChI is InChI=1S/C30H24N2O6S/c1-3-36-29(34)25-26(19-9-5-4-6-10-19)31-30-32(27(25)20-12-13-22-23(16-20)38-17-37-22)28(33)24(39-30)15-18-8-7-11-21(14-18)35-2/h4-16,27H,3,17H2,1-2H3/t27-/m0/s1. The van der Waals surface area contributed by atoms with E-state index in [-0.39, 0.29) is 24.5 Å². The first kappa shape index (κ1) is 24.7. The quantitative estimate of drug-likeness (QED) is 0.347. The fourth-order valence-corrected chi connectivity index (χ4v) is 5.72. The molecule has 0 saturated heterocycles. The van der Waals surface area contributed by atoms with E-state index in [0.29, 0.717) is 37.8 Å². The number of thiazole rings is 1. The van der Waals surface area contributed by atoms with Crippen molar-refractivity contribution in [2.45, 2.75) is 13.0 Å². The van der Waals surface area contributed by atoms with Crippen LogP contribution in [0.1, 0.15) is 29.7 Å². The van der Waals surface area contributed by atoms with Crippen molar-refractivity contribution in [1.82, 2.24) is 4.57 Å². The van der Waals surface area contributed by atoms with Gasteiger partial charge in [0.15, 0.2) is 16.3 Å². The maximum absolute atomic E-state index is 14.0. The fraction of sp³-hybridized carbons (Fsp3) is 0.167. The van der Waals surface area contributed by atoms with E-state index >= 15 is 0 Å². The van der Waals surface area contributed by atoms with Crippen molar-refractivity contribution in [1.29, 1.82) is 0 Å². The first-order chi connectivity index (χ1) is 19.1. The van der Waals surface area contributed by atoms with Gasteiger partial charge < -0.3 is 18.9 Å². The molecule has 4 aromatic rings. The Kier molecular flexibility index (Phi) is 6.50. The van der Waals surface area contributed by atoms with Gasteiger partial charge in [0.25, 0.3) is 5.56 Å². The van der Waals surface area contributed by atoms with E-state index in [1.54, 1.807) is 36.8 Å². The van der Waals surface area contributed by atoms with Crippen molar-refractivity contribution >= 4 is 29.1 Å². The van der Waals surface area contributed by atoms with Crippen LogP contribution in [0.2, 0.25) is 0 Å². The number of fused-ring (bicyclic) bond motifs is 2. The summed E-state index contributed by atoms with van der Waals surface area (Å²) in [5.74, 6) is 1.30. The normalized spacial score (nSPS) is 16.1. The highest BCUT2D eigenvalue weighted by Crippen LogP contribution is 2.40. The zero-order valence-corrected chi connectivity index (χ0v) is 22.1. The van der Waals surface area contributed by atoms with E-state index in [0.717, 1.165) is 11.1 Å². The van der Waals surface area contributed by atoms with Crippen molar-refractivity contribution in [2.75, 3.05) is 20.5 Å². The molecule has 0 aliphatic carbocycles. The van der Waals surface area contributed by atoms with Gasteiger partial charge in [-0.1, -0.05) is 59.9 Å². The molecule has 0 fully saturated rings. The highest BCUT2D eigenvalue weighted by atomic mass is 32.1. The third-order valence-corrected chi connectivity index (χ3v) is 7.46. The predicted molar refractivity (Wildman–Crippen MR) is 147 cm³/mol. The van der Waals surface area contributed by atoms with Crippen LogP contribution in [0.4, 0.5) is 0 Å². The lowest BCUT2D eigenvalue weighted by Crippen LogP contribution is -2.40. The van der Waals surface area contributed by atoms with Crippen molar-refractivity contribution < 1.29 is 23.7 Å². The largest absolute Gasteiger partial charge is 0.497 e. The van der Waals surface area contributed by atoms with E-state index in [9.17, 15) is 9.59 Å². The summed E-state index contributed by atoms with van der Waals surface area (Å²) in [5.41, 5.74) is 2.72. The van der Waals surface area contributed by atoms with Gasteiger partial charge in [0, 0.05) is 5.56 Å². The minimum atomic E-state index is -0.794. The van der Waals surface area contributed by atoms with E-state index < -0.39 is 12.0 Å². The molecule has 1 atom stereocenters. The summed E-state index contributed by atoms with van der Waals surface area (Å²) in [6, 6.07) is 21.5. The van der Waals surface area contributed by atoms with Gasteiger partial charge in [-0.25, -0.2) is 9.79 Å². The lowest BCUT2D eigenvalue weighted by atomic mass is 9.93. The predicted octanol–water partition coefficient (Wildman–Crippen LogP) is 3.67. The first-order valence-corrected chi connectivity index (χ1v) is 13.2. The Morgan fingerprint density at radius 1 is 1.08 bits per heavy atom. The number of nitrogens with zero attached hydrogens (tertiary/aromatic N) is 2. The second kappa shape index (κ2) is 10.3. The summed E-state index contributed by atoms with van der Waals surface area (Å²) in [5, 5.41) is 0. The number of ether oxygens (including phenoxy) is 4. The number of hydrogen-bond donors (Lipinski definition) is 0. The maximum Gasteiger partial charge on any atom is 0.338 e. The first-order valence-electron chi connectivity index (χ1n) is 12.4. The van der Waals surface area contributed by atoms with E-state index in [1.807, 2.05) is 60.7 Å². The Hall–Kier alpha value is -4.63. The molecule has 9 heteroatoms. The van der Waals surface area contributed by atoms with Gasteiger partial charge in [-0.2, -0.15) is 0 Å². The number of methoxy groups -OCH3 is 1. The summed E-state index contributed by atoms with van der Waals surface area (Å²) < 4.78 is 24.0. The van der Waals surface area contributed by atoms with E-state index in [1.165, 1.54) is 11.3 Å². The molecule has 0 radical (unpaired) electrons. The number of carbonyl (C=O) groups is 1. The Bertz CT molecular complexity index is 1790. The smallest absolute Gasteiger partial charge is 0.338 e. The number of carbonyl (C=O) groups excluding carboxylic acids is 1. The minimum Gasteiger partial charge on any atom is -0.497 e. The van der Waals surface area contributed by atoms with Gasteiger partial charge in [0.05, 0.1) is 35.6 Å². The van der Waals surface area contributed by atoms with Crippen LogP contribution >= 0.6 is 11.3 Å². The second-order valence-corrected chi connectivity index (χ2v) is 9.83. The molecule has 6 rings (SSSR count). The highest BCUT2D eigenvalue weighted by molar-refractivity contribution is 7.07. The van der Waals surface area contributed by atoms with Crippen LogP contribution in [-0.2, 0) is 9.53 Å². The molecule has 3 heterocycles. The molecule has 0 saturated carbocycles. The topological polar surface area (TPSA) is 88.4 Å². The zero-order valence-electron chi connectivity index (χ0n) is 21.2. The molecule has 2 aliphatic rings. The summed E-state index contributed by atoms with van der Waals surface area (Å²) >= 11 is 1.26. The van der Waals surface area contributed by atoms with Crippen LogP contribution in [0.15, 0.2) is 88.2 Å². The van der Waals surface area contributed by atoms with Gasteiger partial charge in [-0.3, -0.25) is 9.36 Å². The molecule has 0 spiro atoms. The Morgan fingerprint density at radius 3 is 2.69 bits per heavy atom. The van der Waals surface area contributed by atoms with Crippen LogP contribution in [0, 0.1) is 0 Å². The zero-order chi connectivity index (χ0) is 26.9. The lowest BCUT2D eigenvalue weighted by Gasteiger charge is -2.26. The number of rotatable bonds is 6. The molecule has 0 bridgehead atoms. The number of hydrogen-bond acceptors (Lipinski definition) is 8. The summed E-state index contributed by atoms with van der Waals surface area (Å²) in [6.45, 7) is 2.04. The van der Waals surface area contributed by atoms with Crippen molar-refractivity contribution in [3.05, 3.63) is 115 Å². The second-order valence-electron chi connectivity index (χ2n) is 8.82. The molecule has 0 amide bonds. The molecule has 0 N–H and O–H groups in total. The van der Waals surface area contributed by atoms with Crippen LogP contribution in [-0.4, -0.2) is 31.0 Å². The molecule has 39 heavy (non-hydrogen) atoms. The Labute approximate surface area is 227 Å². The number of aromatic nitrogens is 1. The molecular weight excluding hydrogens is 516 g/mol. The van der Waals surface area contributed by atoms with Gasteiger partial charge in [0.1, 0.15) is 5.75 Å². The van der Waals surface area contributed by atoms with Gasteiger partial charge in [0.2, 0.25) is 6.79 Å². The monoisotopic (exact) mass is 540 g/mol. The van der Waals surface area contributed by atoms with Crippen molar-refractivity contribution in [2.24, 2.45) is 4.99 Å².